The maximum Gasteiger partial charge on any atom is 0.328 e. The molecular weight excluding hydrogens is 276 g/mol. The summed E-state index contributed by atoms with van der Waals surface area (Å²) in [4.78, 5) is 30.7. The third-order valence-corrected chi connectivity index (χ3v) is 5.06. The molecule has 0 saturated heterocycles. The molecule has 2 aromatic heterocycles. The highest BCUT2D eigenvalue weighted by Gasteiger charge is 2.23. The van der Waals surface area contributed by atoms with E-state index in [4.69, 9.17) is 4.74 Å². The molecule has 0 amide bonds. The van der Waals surface area contributed by atoms with Crippen molar-refractivity contribution in [3.05, 3.63) is 27.1 Å². The summed E-state index contributed by atoms with van der Waals surface area (Å²) in [5, 5.41) is 0.697. The molecule has 0 fully saturated rings. The third kappa shape index (κ3) is 1.95. The van der Waals surface area contributed by atoms with Crippen molar-refractivity contribution in [3.63, 3.8) is 0 Å². The monoisotopic (exact) mass is 292 g/mol. The number of thiophene rings is 1. The Hall–Kier alpha value is -1.69. The van der Waals surface area contributed by atoms with Gasteiger partial charge < -0.3 is 4.74 Å². The first-order chi connectivity index (χ1) is 9.63. The maximum atomic E-state index is 12.6. The summed E-state index contributed by atoms with van der Waals surface area (Å²) in [5.74, 6) is -0.433. The molecule has 20 heavy (non-hydrogen) atoms. The lowest BCUT2D eigenvalue weighted by molar-refractivity contribution is -0.144. The largest absolute Gasteiger partial charge is 0.467 e. The second-order valence-corrected chi connectivity index (χ2v) is 6.13. The van der Waals surface area contributed by atoms with Crippen LogP contribution >= 0.6 is 11.3 Å². The number of ether oxygens (including phenoxy) is 1. The zero-order chi connectivity index (χ0) is 14.3. The van der Waals surface area contributed by atoms with Gasteiger partial charge in [-0.2, -0.15) is 0 Å². The van der Waals surface area contributed by atoms with Crippen molar-refractivity contribution in [1.29, 1.82) is 0 Å². The van der Waals surface area contributed by atoms with E-state index in [9.17, 15) is 9.59 Å². The summed E-state index contributed by atoms with van der Waals surface area (Å²) in [6, 6.07) is -0.649. The molecule has 0 aliphatic heterocycles. The van der Waals surface area contributed by atoms with Gasteiger partial charge in [-0.1, -0.05) is 0 Å². The molecule has 1 aliphatic rings. The number of carbonyl (C=O) groups excluding carboxylic acids is 1. The first kappa shape index (κ1) is 13.3. The van der Waals surface area contributed by atoms with E-state index in [1.165, 1.54) is 29.3 Å². The van der Waals surface area contributed by atoms with Gasteiger partial charge in [-0.3, -0.25) is 9.36 Å². The number of aromatic nitrogens is 2. The van der Waals surface area contributed by atoms with Crippen molar-refractivity contribution in [2.24, 2.45) is 0 Å². The number of methoxy groups -OCH3 is 1. The Balaban J connectivity index is 2.20. The lowest BCUT2D eigenvalue weighted by atomic mass is 9.97. The summed E-state index contributed by atoms with van der Waals surface area (Å²) >= 11 is 1.61. The maximum absolute atomic E-state index is 12.6. The molecule has 0 aromatic carbocycles. The first-order valence-electron chi connectivity index (χ1n) is 6.72. The van der Waals surface area contributed by atoms with Gasteiger partial charge in [0.1, 0.15) is 10.9 Å². The van der Waals surface area contributed by atoms with Crippen LogP contribution in [0.1, 0.15) is 36.2 Å². The lowest BCUT2D eigenvalue weighted by Crippen LogP contribution is -2.29. The molecule has 1 aliphatic carbocycles. The average Bonchev–Trinajstić information content (AvgIpc) is 2.85. The molecule has 0 radical (unpaired) electrons. The standard InChI is InChI=1S/C14H16N2O3S/c1-8(14(18)19-2)16-7-15-12-11(13(16)17)9-5-3-4-6-10(9)20-12/h7-8H,3-6H2,1-2H3/t8-/m0/s1. The molecule has 6 heteroatoms. The summed E-state index contributed by atoms with van der Waals surface area (Å²) in [5.41, 5.74) is 1.01. The minimum Gasteiger partial charge on any atom is -0.467 e. The van der Waals surface area contributed by atoms with Gasteiger partial charge in [0.2, 0.25) is 0 Å². The van der Waals surface area contributed by atoms with Crippen molar-refractivity contribution >= 4 is 27.5 Å². The fraction of sp³-hybridized carbons (Fsp3) is 0.500. The van der Waals surface area contributed by atoms with Crippen molar-refractivity contribution in [2.45, 2.75) is 38.6 Å². The summed E-state index contributed by atoms with van der Waals surface area (Å²) in [7, 11) is 1.32. The third-order valence-electron chi connectivity index (χ3n) is 3.86. The van der Waals surface area contributed by atoms with E-state index in [1.807, 2.05) is 0 Å². The van der Waals surface area contributed by atoms with Crippen LogP contribution in [-0.4, -0.2) is 22.6 Å². The quantitative estimate of drug-likeness (QED) is 0.795. The predicted octanol–water partition coefficient (Wildman–Crippen LogP) is 2.07. The minimum absolute atomic E-state index is 0.132. The van der Waals surface area contributed by atoms with Crippen molar-refractivity contribution in [3.8, 4) is 0 Å². The Morgan fingerprint density at radius 2 is 2.20 bits per heavy atom. The number of nitrogens with zero attached hydrogens (tertiary/aromatic N) is 2. The van der Waals surface area contributed by atoms with E-state index in [-0.39, 0.29) is 5.56 Å². The van der Waals surface area contributed by atoms with Gasteiger partial charge in [-0.15, -0.1) is 11.3 Å². The first-order valence-corrected chi connectivity index (χ1v) is 7.54. The Labute approximate surface area is 120 Å². The van der Waals surface area contributed by atoms with Crippen LogP contribution in [0, 0.1) is 0 Å². The van der Waals surface area contributed by atoms with Crippen LogP contribution in [-0.2, 0) is 22.4 Å². The van der Waals surface area contributed by atoms with E-state index in [0.717, 1.165) is 29.7 Å². The number of carbonyl (C=O) groups is 1. The highest BCUT2D eigenvalue weighted by Crippen LogP contribution is 2.33. The van der Waals surface area contributed by atoms with Gasteiger partial charge in [0, 0.05) is 4.88 Å². The van der Waals surface area contributed by atoms with Gasteiger partial charge in [-0.25, -0.2) is 9.78 Å². The second kappa shape index (κ2) is 5.01. The molecule has 2 heterocycles. The van der Waals surface area contributed by atoms with E-state index in [0.29, 0.717) is 5.39 Å². The van der Waals surface area contributed by atoms with Crippen LogP contribution in [0.4, 0.5) is 0 Å². The summed E-state index contributed by atoms with van der Waals surface area (Å²) in [6.07, 6.45) is 5.70. The molecule has 2 aromatic rings. The molecular formula is C14H16N2O3S. The predicted molar refractivity (Wildman–Crippen MR) is 77.2 cm³/mol. The number of hydrogen-bond donors (Lipinski definition) is 0. The highest BCUT2D eigenvalue weighted by molar-refractivity contribution is 7.18. The zero-order valence-electron chi connectivity index (χ0n) is 11.5. The fourth-order valence-electron chi connectivity index (χ4n) is 2.72. The van der Waals surface area contributed by atoms with Crippen LogP contribution in [0.5, 0.6) is 0 Å². The number of esters is 1. The lowest BCUT2D eigenvalue weighted by Gasteiger charge is -2.13. The van der Waals surface area contributed by atoms with Crippen LogP contribution < -0.4 is 5.56 Å². The number of hydrogen-bond acceptors (Lipinski definition) is 5. The molecule has 106 valence electrons. The molecule has 0 unspecified atom stereocenters. The van der Waals surface area contributed by atoms with Crippen LogP contribution in [0.15, 0.2) is 11.1 Å². The van der Waals surface area contributed by atoms with Crippen molar-refractivity contribution in [1.82, 2.24) is 9.55 Å². The van der Waals surface area contributed by atoms with Gasteiger partial charge in [-0.05, 0) is 38.2 Å². The number of rotatable bonds is 2. The normalized spacial score (nSPS) is 15.9. The van der Waals surface area contributed by atoms with Crippen LogP contribution in [0.25, 0.3) is 10.2 Å². The minimum atomic E-state index is -0.649. The summed E-state index contributed by atoms with van der Waals surface area (Å²) in [6.45, 7) is 1.65. The van der Waals surface area contributed by atoms with Crippen LogP contribution in [0.2, 0.25) is 0 Å². The van der Waals surface area contributed by atoms with E-state index in [1.54, 1.807) is 18.3 Å². The molecule has 0 bridgehead atoms. The molecule has 1 atom stereocenters. The average molecular weight is 292 g/mol. The van der Waals surface area contributed by atoms with Gasteiger partial charge in [0.25, 0.3) is 5.56 Å². The van der Waals surface area contributed by atoms with Gasteiger partial charge in [0.05, 0.1) is 18.8 Å². The molecule has 0 N–H and O–H groups in total. The van der Waals surface area contributed by atoms with Gasteiger partial charge >= 0.3 is 5.97 Å². The fourth-order valence-corrected chi connectivity index (χ4v) is 3.94. The highest BCUT2D eigenvalue weighted by atomic mass is 32.1. The zero-order valence-corrected chi connectivity index (χ0v) is 12.3. The van der Waals surface area contributed by atoms with Gasteiger partial charge in [0.15, 0.2) is 0 Å². The summed E-state index contributed by atoms with van der Waals surface area (Å²) < 4.78 is 6.07. The Bertz CT molecular complexity index is 732. The number of aryl methyl sites for hydroxylation is 2. The Morgan fingerprint density at radius 3 is 2.95 bits per heavy atom. The van der Waals surface area contributed by atoms with E-state index in [2.05, 4.69) is 4.98 Å². The molecule has 3 rings (SSSR count). The van der Waals surface area contributed by atoms with E-state index >= 15 is 0 Å². The Morgan fingerprint density at radius 1 is 1.45 bits per heavy atom. The SMILES string of the molecule is COC(=O)[C@H](C)n1cnc2sc3c(c2c1=O)CCCC3. The smallest absolute Gasteiger partial charge is 0.328 e. The Kier molecular flexibility index (Phi) is 3.33. The topological polar surface area (TPSA) is 61.2 Å². The molecule has 0 spiro atoms. The van der Waals surface area contributed by atoms with Crippen molar-refractivity contribution < 1.29 is 9.53 Å². The van der Waals surface area contributed by atoms with E-state index < -0.39 is 12.0 Å². The molecule has 0 saturated carbocycles. The molecule has 5 nitrogen and oxygen atoms in total. The second-order valence-electron chi connectivity index (χ2n) is 5.05. The number of fused-ring (bicyclic) bond motifs is 3. The van der Waals surface area contributed by atoms with Crippen molar-refractivity contribution in [2.75, 3.05) is 7.11 Å². The van der Waals surface area contributed by atoms with Crippen LogP contribution in [0.3, 0.4) is 0 Å².